The molecule has 2 rings (SSSR count). The van der Waals surface area contributed by atoms with Gasteiger partial charge in [-0.3, -0.25) is 4.79 Å². The molecule has 1 saturated carbocycles. The standard InChI is InChI=1S/C20H28O3/c1-13(2)15-9-14(11-21)16(10-17(15)23)20(5)8-6-7-19(3,4)18(20)12-22/h9-13,18,23H,6-8H2,1-5H3/t18-,20-/m1/s1. The second-order valence-corrected chi connectivity index (χ2v) is 8.14. The predicted molar refractivity (Wildman–Crippen MR) is 92.1 cm³/mol. The second kappa shape index (κ2) is 6.10. The Bertz CT molecular complexity index is 616. The van der Waals surface area contributed by atoms with E-state index >= 15 is 0 Å². The van der Waals surface area contributed by atoms with Crippen molar-refractivity contribution >= 4 is 12.6 Å². The van der Waals surface area contributed by atoms with E-state index in [0.717, 1.165) is 43.0 Å². The lowest BCUT2D eigenvalue weighted by Gasteiger charge is -2.49. The van der Waals surface area contributed by atoms with Crippen molar-refractivity contribution in [3.05, 3.63) is 28.8 Å². The molecule has 1 aromatic carbocycles. The molecule has 0 saturated heterocycles. The summed E-state index contributed by atoms with van der Waals surface area (Å²) in [4.78, 5) is 23.6. The van der Waals surface area contributed by atoms with Gasteiger partial charge in [-0.1, -0.05) is 41.0 Å². The Balaban J connectivity index is 2.65. The zero-order valence-corrected chi connectivity index (χ0v) is 14.8. The summed E-state index contributed by atoms with van der Waals surface area (Å²) in [6, 6.07) is 3.51. The Hall–Kier alpha value is -1.64. The summed E-state index contributed by atoms with van der Waals surface area (Å²) < 4.78 is 0. The lowest BCUT2D eigenvalue weighted by molar-refractivity contribution is -0.119. The predicted octanol–water partition coefficient (Wildman–Crippen LogP) is 4.61. The molecular weight excluding hydrogens is 288 g/mol. The van der Waals surface area contributed by atoms with E-state index in [4.69, 9.17) is 0 Å². The molecule has 3 nitrogen and oxygen atoms in total. The van der Waals surface area contributed by atoms with E-state index in [2.05, 4.69) is 20.8 Å². The Kier molecular flexibility index (Phi) is 4.70. The van der Waals surface area contributed by atoms with E-state index in [0.29, 0.717) is 5.56 Å². The normalized spacial score (nSPS) is 27.0. The van der Waals surface area contributed by atoms with Crippen molar-refractivity contribution in [2.24, 2.45) is 11.3 Å². The van der Waals surface area contributed by atoms with Crippen LogP contribution in [0.1, 0.15) is 81.3 Å². The zero-order chi connectivity index (χ0) is 17.4. The summed E-state index contributed by atoms with van der Waals surface area (Å²) in [5, 5.41) is 10.4. The van der Waals surface area contributed by atoms with Crippen LogP contribution in [0.3, 0.4) is 0 Å². The highest BCUT2D eigenvalue weighted by atomic mass is 16.3. The molecule has 3 heteroatoms. The number of rotatable bonds is 4. The summed E-state index contributed by atoms with van der Waals surface area (Å²) in [6.45, 7) is 10.3. The fourth-order valence-corrected chi connectivity index (χ4v) is 4.40. The molecule has 0 amide bonds. The Morgan fingerprint density at radius 3 is 2.35 bits per heavy atom. The molecule has 1 aliphatic rings. The van der Waals surface area contributed by atoms with Gasteiger partial charge in [-0.15, -0.1) is 0 Å². The van der Waals surface area contributed by atoms with Crippen LogP contribution in [0.25, 0.3) is 0 Å². The number of phenols is 1. The van der Waals surface area contributed by atoms with Gasteiger partial charge >= 0.3 is 0 Å². The summed E-state index contributed by atoms with van der Waals surface area (Å²) in [6.07, 6.45) is 4.76. The zero-order valence-electron chi connectivity index (χ0n) is 14.8. The molecule has 0 unspecified atom stereocenters. The third-order valence-electron chi connectivity index (χ3n) is 5.74. The number of aldehydes is 2. The Morgan fingerprint density at radius 1 is 1.17 bits per heavy atom. The first-order chi connectivity index (χ1) is 10.7. The third-order valence-corrected chi connectivity index (χ3v) is 5.74. The van der Waals surface area contributed by atoms with Gasteiger partial charge in [0.2, 0.25) is 0 Å². The van der Waals surface area contributed by atoms with Crippen molar-refractivity contribution < 1.29 is 14.7 Å². The molecule has 1 aliphatic carbocycles. The number of aromatic hydroxyl groups is 1. The highest BCUT2D eigenvalue weighted by molar-refractivity contribution is 5.80. The molecule has 1 fully saturated rings. The van der Waals surface area contributed by atoms with Crippen LogP contribution in [0.15, 0.2) is 12.1 Å². The number of carbonyl (C=O) groups excluding carboxylic acids is 2. The highest BCUT2D eigenvalue weighted by Gasteiger charge is 2.48. The average molecular weight is 316 g/mol. The van der Waals surface area contributed by atoms with Gasteiger partial charge in [0, 0.05) is 16.9 Å². The van der Waals surface area contributed by atoms with Gasteiger partial charge in [-0.05, 0) is 47.4 Å². The smallest absolute Gasteiger partial charge is 0.150 e. The van der Waals surface area contributed by atoms with Crippen molar-refractivity contribution in [1.29, 1.82) is 0 Å². The van der Waals surface area contributed by atoms with Crippen LogP contribution in [0.2, 0.25) is 0 Å². The number of benzene rings is 1. The number of hydrogen-bond acceptors (Lipinski definition) is 3. The first kappa shape index (κ1) is 17.7. The van der Waals surface area contributed by atoms with Crippen molar-refractivity contribution in [3.8, 4) is 5.75 Å². The molecule has 0 heterocycles. The van der Waals surface area contributed by atoms with Gasteiger partial charge < -0.3 is 9.90 Å². The minimum absolute atomic E-state index is 0.110. The fraction of sp³-hybridized carbons (Fsp3) is 0.600. The van der Waals surface area contributed by atoms with E-state index < -0.39 is 5.41 Å². The van der Waals surface area contributed by atoms with Gasteiger partial charge in [-0.2, -0.15) is 0 Å². The van der Waals surface area contributed by atoms with Crippen molar-refractivity contribution in [2.75, 3.05) is 0 Å². The number of hydrogen-bond donors (Lipinski definition) is 1. The SMILES string of the molecule is CC(C)c1cc(C=O)c([C@@]2(C)CCCC(C)(C)[C@H]2C=O)cc1O. The van der Waals surface area contributed by atoms with Gasteiger partial charge in [-0.25, -0.2) is 0 Å². The van der Waals surface area contributed by atoms with E-state index in [1.165, 1.54) is 0 Å². The molecule has 0 spiro atoms. The molecule has 126 valence electrons. The molecule has 1 aromatic rings. The monoisotopic (exact) mass is 316 g/mol. The number of carbonyl (C=O) groups is 2. The van der Waals surface area contributed by atoms with E-state index in [9.17, 15) is 14.7 Å². The Morgan fingerprint density at radius 2 is 1.83 bits per heavy atom. The summed E-state index contributed by atoms with van der Waals surface area (Å²) in [5.74, 6) is 0.182. The molecule has 1 N–H and O–H groups in total. The van der Waals surface area contributed by atoms with Crippen molar-refractivity contribution in [3.63, 3.8) is 0 Å². The van der Waals surface area contributed by atoms with E-state index in [-0.39, 0.29) is 23.0 Å². The largest absolute Gasteiger partial charge is 0.508 e. The molecule has 23 heavy (non-hydrogen) atoms. The van der Waals surface area contributed by atoms with Crippen LogP contribution < -0.4 is 0 Å². The van der Waals surface area contributed by atoms with Crippen LogP contribution in [0.5, 0.6) is 5.75 Å². The van der Waals surface area contributed by atoms with Crippen LogP contribution in [0.4, 0.5) is 0 Å². The molecule has 2 atom stereocenters. The van der Waals surface area contributed by atoms with Gasteiger partial charge in [0.05, 0.1) is 0 Å². The van der Waals surface area contributed by atoms with Crippen LogP contribution in [-0.4, -0.2) is 17.7 Å². The minimum atomic E-state index is -0.424. The lowest BCUT2D eigenvalue weighted by Crippen LogP contribution is -2.46. The maximum absolute atomic E-state index is 11.9. The van der Waals surface area contributed by atoms with Crippen molar-refractivity contribution in [1.82, 2.24) is 0 Å². The Labute approximate surface area is 139 Å². The topological polar surface area (TPSA) is 54.4 Å². The van der Waals surface area contributed by atoms with Gasteiger partial charge in [0.15, 0.2) is 0 Å². The molecule has 0 aromatic heterocycles. The summed E-state index contributed by atoms with van der Waals surface area (Å²) in [5.41, 5.74) is 1.64. The number of phenolic OH excluding ortho intramolecular Hbond substituents is 1. The van der Waals surface area contributed by atoms with Crippen LogP contribution in [-0.2, 0) is 10.2 Å². The minimum Gasteiger partial charge on any atom is -0.508 e. The van der Waals surface area contributed by atoms with Gasteiger partial charge in [0.25, 0.3) is 0 Å². The fourth-order valence-electron chi connectivity index (χ4n) is 4.40. The van der Waals surface area contributed by atoms with E-state index in [1.807, 2.05) is 13.8 Å². The van der Waals surface area contributed by atoms with Crippen LogP contribution >= 0.6 is 0 Å². The molecule has 0 aliphatic heterocycles. The van der Waals surface area contributed by atoms with E-state index in [1.54, 1.807) is 12.1 Å². The quantitative estimate of drug-likeness (QED) is 0.825. The highest BCUT2D eigenvalue weighted by Crippen LogP contribution is 2.52. The molecule has 0 bridgehead atoms. The first-order valence-electron chi connectivity index (χ1n) is 8.45. The third kappa shape index (κ3) is 2.93. The maximum Gasteiger partial charge on any atom is 0.150 e. The lowest BCUT2D eigenvalue weighted by atomic mass is 9.54. The first-order valence-corrected chi connectivity index (χ1v) is 8.45. The summed E-state index contributed by atoms with van der Waals surface area (Å²) in [7, 11) is 0. The van der Waals surface area contributed by atoms with Crippen LogP contribution in [0, 0.1) is 11.3 Å². The maximum atomic E-state index is 11.9. The van der Waals surface area contributed by atoms with Crippen molar-refractivity contribution in [2.45, 2.75) is 65.2 Å². The van der Waals surface area contributed by atoms with Gasteiger partial charge in [0.1, 0.15) is 18.3 Å². The average Bonchev–Trinajstić information content (AvgIpc) is 2.46. The second-order valence-electron chi connectivity index (χ2n) is 8.14. The summed E-state index contributed by atoms with van der Waals surface area (Å²) >= 11 is 0. The molecule has 0 radical (unpaired) electrons. The molecular formula is C20H28O3.